The van der Waals surface area contributed by atoms with Crippen molar-refractivity contribution in [2.45, 2.75) is 31.5 Å². The molecule has 2 aromatic rings. The van der Waals surface area contributed by atoms with Crippen LogP contribution >= 0.6 is 0 Å². The van der Waals surface area contributed by atoms with E-state index >= 15 is 0 Å². The van der Waals surface area contributed by atoms with Crippen LogP contribution in [0, 0.1) is 0 Å². The molecule has 1 heterocycles. The van der Waals surface area contributed by atoms with E-state index < -0.39 is 30.1 Å². The fourth-order valence-corrected chi connectivity index (χ4v) is 3.23. The third kappa shape index (κ3) is 4.68. The summed E-state index contributed by atoms with van der Waals surface area (Å²) in [4.78, 5) is 38.1. The second-order valence-corrected chi connectivity index (χ2v) is 6.58. The number of benzene rings is 2. The van der Waals surface area contributed by atoms with Crippen molar-refractivity contribution in [2.24, 2.45) is 0 Å². The molecule has 0 bridgehead atoms. The van der Waals surface area contributed by atoms with Crippen molar-refractivity contribution in [2.75, 3.05) is 6.54 Å². The first-order valence-electron chi connectivity index (χ1n) is 9.11. The van der Waals surface area contributed by atoms with Gasteiger partial charge in [-0.3, -0.25) is 9.69 Å². The zero-order chi connectivity index (χ0) is 19.9. The van der Waals surface area contributed by atoms with Crippen LogP contribution in [-0.2, 0) is 20.9 Å². The van der Waals surface area contributed by atoms with Crippen LogP contribution in [-0.4, -0.2) is 40.6 Å². The summed E-state index contributed by atoms with van der Waals surface area (Å²) < 4.78 is 5.32. The Labute approximate surface area is 162 Å². The number of rotatable bonds is 6. The maximum atomic E-state index is 12.7. The first kappa shape index (κ1) is 19.4. The minimum atomic E-state index is -1.17. The molecule has 0 saturated carbocycles. The zero-order valence-corrected chi connectivity index (χ0v) is 15.3. The number of nitrogens with one attached hydrogen (secondary N) is 1. The highest BCUT2D eigenvalue weighted by atomic mass is 16.6. The lowest BCUT2D eigenvalue weighted by molar-refractivity contribution is -0.142. The van der Waals surface area contributed by atoms with E-state index in [1.54, 1.807) is 30.3 Å². The van der Waals surface area contributed by atoms with Crippen molar-refractivity contribution >= 4 is 18.0 Å². The van der Waals surface area contributed by atoms with Crippen LogP contribution in [0.5, 0.6) is 0 Å². The molecular weight excluding hydrogens is 360 g/mol. The van der Waals surface area contributed by atoms with Crippen molar-refractivity contribution < 1.29 is 24.2 Å². The molecule has 0 aliphatic carbocycles. The number of carboxylic acid groups (broad SMARTS) is 1. The van der Waals surface area contributed by atoms with Crippen LogP contribution < -0.4 is 5.32 Å². The average molecular weight is 382 g/mol. The monoisotopic (exact) mass is 382 g/mol. The highest BCUT2D eigenvalue weighted by Gasteiger charge is 2.37. The standard InChI is InChI=1S/C21H22N2O5/c24-19(22-18(20(25)26)16-10-5-2-6-11-16)17-12-7-13-23(17)21(27)28-14-15-8-3-1-4-9-15/h1-6,8-11,17-18H,7,12-14H2,(H,22,24)(H,25,26)/t17-,18+/m0/s1. The number of hydrogen-bond donors (Lipinski definition) is 2. The molecule has 0 spiro atoms. The Balaban J connectivity index is 1.63. The molecule has 0 unspecified atom stereocenters. The summed E-state index contributed by atoms with van der Waals surface area (Å²) in [5, 5.41) is 12.0. The molecule has 28 heavy (non-hydrogen) atoms. The number of carboxylic acids is 1. The smallest absolute Gasteiger partial charge is 0.410 e. The number of carbonyl (C=O) groups is 3. The Morgan fingerprint density at radius 1 is 1.07 bits per heavy atom. The molecule has 2 aromatic carbocycles. The van der Waals surface area contributed by atoms with Gasteiger partial charge in [-0.05, 0) is 24.0 Å². The van der Waals surface area contributed by atoms with E-state index in [2.05, 4.69) is 5.32 Å². The number of amides is 2. The lowest BCUT2D eigenvalue weighted by atomic mass is 10.1. The summed E-state index contributed by atoms with van der Waals surface area (Å²) in [7, 11) is 0. The number of hydrogen-bond acceptors (Lipinski definition) is 4. The molecule has 2 atom stereocenters. The van der Waals surface area contributed by atoms with E-state index in [9.17, 15) is 19.5 Å². The van der Waals surface area contributed by atoms with E-state index in [1.807, 2.05) is 30.3 Å². The quantitative estimate of drug-likeness (QED) is 0.801. The van der Waals surface area contributed by atoms with Gasteiger partial charge in [0.2, 0.25) is 5.91 Å². The van der Waals surface area contributed by atoms with Gasteiger partial charge >= 0.3 is 12.1 Å². The molecule has 1 aliphatic heterocycles. The Bertz CT molecular complexity index is 825. The lowest BCUT2D eigenvalue weighted by Crippen LogP contribution is -2.48. The number of aliphatic carboxylic acids is 1. The summed E-state index contributed by atoms with van der Waals surface area (Å²) in [6.45, 7) is 0.515. The van der Waals surface area contributed by atoms with Gasteiger partial charge in [-0.15, -0.1) is 0 Å². The Hall–Kier alpha value is -3.35. The first-order valence-corrected chi connectivity index (χ1v) is 9.11. The van der Waals surface area contributed by atoms with Gasteiger partial charge in [0, 0.05) is 6.54 Å². The maximum absolute atomic E-state index is 12.7. The minimum absolute atomic E-state index is 0.117. The SMILES string of the molecule is O=C(O)[C@H](NC(=O)[C@@H]1CCCN1C(=O)OCc1ccccc1)c1ccccc1. The van der Waals surface area contributed by atoms with Crippen LogP contribution in [0.4, 0.5) is 4.79 Å². The van der Waals surface area contributed by atoms with E-state index in [0.717, 1.165) is 5.56 Å². The highest BCUT2D eigenvalue weighted by Crippen LogP contribution is 2.21. The molecule has 7 nitrogen and oxygen atoms in total. The van der Waals surface area contributed by atoms with Crippen LogP contribution in [0.1, 0.15) is 30.0 Å². The van der Waals surface area contributed by atoms with Crippen molar-refractivity contribution in [3.05, 3.63) is 71.8 Å². The van der Waals surface area contributed by atoms with Crippen molar-refractivity contribution in [1.29, 1.82) is 0 Å². The third-order valence-electron chi connectivity index (χ3n) is 4.66. The second kappa shape index (κ2) is 9.03. The predicted octanol–water partition coefficient (Wildman–Crippen LogP) is 2.73. The Morgan fingerprint density at radius 2 is 1.71 bits per heavy atom. The topological polar surface area (TPSA) is 95.9 Å². The Morgan fingerprint density at radius 3 is 2.36 bits per heavy atom. The molecule has 1 saturated heterocycles. The van der Waals surface area contributed by atoms with Gasteiger partial charge in [0.15, 0.2) is 6.04 Å². The van der Waals surface area contributed by atoms with Crippen LogP contribution in [0.15, 0.2) is 60.7 Å². The second-order valence-electron chi connectivity index (χ2n) is 6.58. The van der Waals surface area contributed by atoms with Crippen LogP contribution in [0.2, 0.25) is 0 Å². The molecular formula is C21H22N2O5. The van der Waals surface area contributed by atoms with Gasteiger partial charge in [-0.25, -0.2) is 9.59 Å². The molecule has 3 rings (SSSR count). The maximum Gasteiger partial charge on any atom is 0.410 e. The number of likely N-dealkylation sites (tertiary alicyclic amines) is 1. The number of ether oxygens (including phenoxy) is 1. The molecule has 0 radical (unpaired) electrons. The van der Waals surface area contributed by atoms with Gasteiger partial charge in [-0.1, -0.05) is 60.7 Å². The summed E-state index contributed by atoms with van der Waals surface area (Å²) in [5.41, 5.74) is 1.32. The predicted molar refractivity (Wildman–Crippen MR) is 101 cm³/mol. The van der Waals surface area contributed by atoms with Gasteiger partial charge in [-0.2, -0.15) is 0 Å². The van der Waals surface area contributed by atoms with Crippen molar-refractivity contribution in [1.82, 2.24) is 10.2 Å². The van der Waals surface area contributed by atoms with Gasteiger partial charge in [0.1, 0.15) is 12.6 Å². The lowest BCUT2D eigenvalue weighted by Gasteiger charge is -2.25. The summed E-state index contributed by atoms with van der Waals surface area (Å²) in [6, 6.07) is 15.8. The van der Waals surface area contributed by atoms with E-state index in [0.29, 0.717) is 24.9 Å². The zero-order valence-electron chi connectivity index (χ0n) is 15.3. The summed E-state index contributed by atoms with van der Waals surface area (Å²) >= 11 is 0. The average Bonchev–Trinajstić information content (AvgIpc) is 3.21. The molecule has 146 valence electrons. The third-order valence-corrected chi connectivity index (χ3v) is 4.66. The molecule has 1 fully saturated rings. The number of nitrogens with zero attached hydrogens (tertiary/aromatic N) is 1. The first-order chi connectivity index (χ1) is 13.6. The fourth-order valence-electron chi connectivity index (χ4n) is 3.23. The number of carbonyl (C=O) groups excluding carboxylic acids is 2. The molecule has 7 heteroatoms. The largest absolute Gasteiger partial charge is 0.479 e. The van der Waals surface area contributed by atoms with Gasteiger partial charge in [0.05, 0.1) is 0 Å². The summed E-state index contributed by atoms with van der Waals surface area (Å²) in [6.07, 6.45) is 0.544. The summed E-state index contributed by atoms with van der Waals surface area (Å²) in [5.74, 6) is -1.65. The van der Waals surface area contributed by atoms with Crippen LogP contribution in [0.25, 0.3) is 0 Å². The normalized spacial score (nSPS) is 17.0. The van der Waals surface area contributed by atoms with Gasteiger partial charge < -0.3 is 15.2 Å². The van der Waals surface area contributed by atoms with E-state index in [-0.39, 0.29) is 6.61 Å². The highest BCUT2D eigenvalue weighted by molar-refractivity contribution is 5.90. The molecule has 2 N–H and O–H groups in total. The van der Waals surface area contributed by atoms with E-state index in [4.69, 9.17) is 4.74 Å². The van der Waals surface area contributed by atoms with Crippen molar-refractivity contribution in [3.8, 4) is 0 Å². The minimum Gasteiger partial charge on any atom is -0.479 e. The molecule has 1 aliphatic rings. The van der Waals surface area contributed by atoms with Crippen molar-refractivity contribution in [3.63, 3.8) is 0 Å². The van der Waals surface area contributed by atoms with E-state index in [1.165, 1.54) is 4.90 Å². The van der Waals surface area contributed by atoms with Gasteiger partial charge in [0.25, 0.3) is 0 Å². The Kier molecular flexibility index (Phi) is 6.26. The fraction of sp³-hybridized carbons (Fsp3) is 0.286. The molecule has 2 amide bonds. The molecule has 0 aromatic heterocycles. The van der Waals surface area contributed by atoms with Crippen LogP contribution in [0.3, 0.4) is 0 Å².